The van der Waals surface area contributed by atoms with Crippen LogP contribution < -0.4 is 0 Å². The van der Waals surface area contributed by atoms with E-state index in [-0.39, 0.29) is 43.1 Å². The fourth-order valence-electron chi connectivity index (χ4n) is 9.55. The van der Waals surface area contributed by atoms with Crippen LogP contribution in [0.1, 0.15) is 58.3 Å². The minimum atomic E-state index is -1.76. The first-order valence-corrected chi connectivity index (χ1v) is 20.1. The zero-order chi connectivity index (χ0) is 41.3. The van der Waals surface area contributed by atoms with E-state index in [1.165, 1.54) is 27.2 Å². The highest BCUT2D eigenvalue weighted by atomic mass is 16.7. The SMILES string of the molecule is COC1CC(C2[OH+]C3CC(O)CC(O)C3CC2OC2OC(COC3OC(C)C(OC(=O)C=CC4CCC(O)C(O)C4)C(O)C3O)C(O)C(O)C2O)CC(OC)C1O. The number of hydrogen-bond donors (Lipinski definition) is 10. The predicted octanol–water partition coefficient (Wildman–Crippen LogP) is -3.75. The molecular formula is C38H63O19+. The van der Waals surface area contributed by atoms with Crippen LogP contribution in [0.4, 0.5) is 0 Å². The molecule has 0 aromatic heterocycles. The lowest BCUT2D eigenvalue weighted by Gasteiger charge is -2.49. The number of methoxy groups -OCH3 is 2. The molecule has 21 atom stereocenters. The minimum absolute atomic E-state index is 0.156. The number of aliphatic hydroxyl groups is 12. The van der Waals surface area contributed by atoms with Crippen molar-refractivity contribution >= 4 is 5.97 Å². The van der Waals surface area contributed by atoms with Gasteiger partial charge in [-0.2, -0.15) is 0 Å². The van der Waals surface area contributed by atoms with E-state index >= 15 is 0 Å². The van der Waals surface area contributed by atoms with Crippen LogP contribution in [0.25, 0.3) is 0 Å². The molecule has 3 heterocycles. The maximum absolute atomic E-state index is 12.6. The molecule has 0 radical (unpaired) electrons. The van der Waals surface area contributed by atoms with Gasteiger partial charge >= 0.3 is 5.97 Å². The molecule has 21 unspecified atom stereocenters. The van der Waals surface area contributed by atoms with Crippen LogP contribution in [-0.4, -0.2) is 205 Å². The first-order valence-electron chi connectivity index (χ1n) is 20.1. The molecule has 328 valence electrons. The van der Waals surface area contributed by atoms with Crippen molar-refractivity contribution in [3.8, 4) is 0 Å². The second kappa shape index (κ2) is 19.5. The molecule has 19 heteroatoms. The van der Waals surface area contributed by atoms with Crippen LogP contribution in [0.2, 0.25) is 0 Å². The molecule has 11 N–H and O–H groups in total. The molecule has 6 aliphatic rings. The summed E-state index contributed by atoms with van der Waals surface area (Å²) in [5.41, 5.74) is 0. The van der Waals surface area contributed by atoms with E-state index in [9.17, 15) is 55.9 Å². The van der Waals surface area contributed by atoms with Crippen molar-refractivity contribution in [2.75, 3.05) is 20.8 Å². The highest BCUT2D eigenvalue weighted by Gasteiger charge is 2.56. The van der Waals surface area contributed by atoms with Crippen molar-refractivity contribution in [2.45, 2.75) is 181 Å². The Labute approximate surface area is 331 Å². The summed E-state index contributed by atoms with van der Waals surface area (Å²) < 4.78 is 45.5. The Morgan fingerprint density at radius 2 is 1.39 bits per heavy atom. The molecular weight excluding hydrogens is 760 g/mol. The summed E-state index contributed by atoms with van der Waals surface area (Å²) in [6.07, 6.45) is -16.7. The second-order valence-electron chi connectivity index (χ2n) is 16.8. The zero-order valence-electron chi connectivity index (χ0n) is 32.5. The van der Waals surface area contributed by atoms with Crippen LogP contribution in [0.15, 0.2) is 12.2 Å². The molecule has 57 heavy (non-hydrogen) atoms. The summed E-state index contributed by atoms with van der Waals surface area (Å²) in [5.74, 6) is -1.60. The average molecular weight is 824 g/mol. The molecule has 3 saturated carbocycles. The Kier molecular flexibility index (Phi) is 15.4. The summed E-state index contributed by atoms with van der Waals surface area (Å²) >= 11 is 0. The van der Waals surface area contributed by atoms with Crippen molar-refractivity contribution in [3.63, 3.8) is 0 Å². The molecule has 3 saturated heterocycles. The quantitative estimate of drug-likeness (QED) is 0.0544. The van der Waals surface area contributed by atoms with Crippen molar-refractivity contribution in [1.29, 1.82) is 0 Å². The Bertz CT molecular complexity index is 1310. The van der Waals surface area contributed by atoms with Crippen LogP contribution >= 0.6 is 0 Å². The highest BCUT2D eigenvalue weighted by molar-refractivity contribution is 5.82. The molecule has 0 bridgehead atoms. The minimum Gasteiger partial charge on any atom is -0.454 e. The number of hydrogen-bond acceptors (Lipinski definition) is 18. The molecule has 0 amide bonds. The third-order valence-electron chi connectivity index (χ3n) is 12.9. The van der Waals surface area contributed by atoms with Gasteiger partial charge in [-0.25, -0.2) is 4.79 Å². The van der Waals surface area contributed by atoms with Gasteiger partial charge in [0.25, 0.3) is 0 Å². The van der Waals surface area contributed by atoms with Gasteiger partial charge in [-0.15, -0.1) is 0 Å². The molecule has 6 rings (SSSR count). The summed E-state index contributed by atoms with van der Waals surface area (Å²) in [6.45, 7) is 0.991. The molecule has 3 aliphatic heterocycles. The number of carbonyl (C=O) groups excluding carboxylic acids is 1. The number of esters is 1. The lowest BCUT2D eigenvalue weighted by molar-refractivity contribution is -0.363. The van der Waals surface area contributed by atoms with Crippen LogP contribution in [-0.2, 0) is 38.0 Å². The number of carbonyl (C=O) groups is 1. The van der Waals surface area contributed by atoms with Gasteiger partial charge in [0.15, 0.2) is 30.9 Å². The van der Waals surface area contributed by atoms with Crippen molar-refractivity contribution < 1.29 is 93.8 Å². The lowest BCUT2D eigenvalue weighted by atomic mass is 9.72. The summed E-state index contributed by atoms with van der Waals surface area (Å²) in [6, 6.07) is 0. The third kappa shape index (κ3) is 10.2. The fraction of sp³-hybridized carbons (Fsp3) is 0.921. The van der Waals surface area contributed by atoms with Crippen molar-refractivity contribution in [1.82, 2.24) is 0 Å². The second-order valence-corrected chi connectivity index (χ2v) is 16.8. The van der Waals surface area contributed by atoms with E-state index in [2.05, 4.69) is 0 Å². The largest absolute Gasteiger partial charge is 0.454 e. The molecule has 0 aromatic rings. The van der Waals surface area contributed by atoms with E-state index in [1.807, 2.05) is 0 Å². The summed E-state index contributed by atoms with van der Waals surface area (Å²) in [7, 11) is 2.98. The third-order valence-corrected chi connectivity index (χ3v) is 12.9. The highest BCUT2D eigenvalue weighted by Crippen LogP contribution is 2.43. The van der Waals surface area contributed by atoms with Crippen LogP contribution in [0.5, 0.6) is 0 Å². The van der Waals surface area contributed by atoms with E-state index < -0.39 is 129 Å². The maximum atomic E-state index is 12.6. The standard InChI is InChI=1S/C38H62O19/c1-15-35(57-28(43)7-5-16-4-6-20(40)22(42)8-16)32(47)34(49)37(53-15)52-14-27-30(45)31(46)33(48)38(56-27)55-26-13-19-21(41)11-18(39)12-23(19)54-36(26)17-9-24(50-2)29(44)25(10-17)51-3/h5,7,15-27,29-42,44-49H,4,6,8-14H2,1-3H3/p+1. The van der Waals surface area contributed by atoms with Gasteiger partial charge in [-0.1, -0.05) is 6.08 Å². The van der Waals surface area contributed by atoms with E-state index in [0.29, 0.717) is 32.1 Å². The van der Waals surface area contributed by atoms with Gasteiger partial charge in [0.1, 0.15) is 48.8 Å². The monoisotopic (exact) mass is 823 g/mol. The Morgan fingerprint density at radius 3 is 2.05 bits per heavy atom. The lowest BCUT2D eigenvalue weighted by Crippen LogP contribution is -2.64. The Balaban J connectivity index is 1.09. The van der Waals surface area contributed by atoms with Crippen LogP contribution in [0, 0.1) is 17.8 Å². The zero-order valence-corrected chi connectivity index (χ0v) is 32.5. The topological polar surface area (TPSA) is 297 Å². The van der Waals surface area contributed by atoms with Gasteiger partial charge < -0.3 is 89.0 Å². The van der Waals surface area contributed by atoms with Gasteiger partial charge in [0, 0.05) is 39.1 Å². The van der Waals surface area contributed by atoms with E-state index in [1.54, 1.807) is 6.08 Å². The number of aliphatic hydroxyl groups excluding tert-OH is 10. The van der Waals surface area contributed by atoms with E-state index in [0.717, 1.165) is 0 Å². The number of fused-ring (bicyclic) bond motifs is 1. The number of rotatable bonds is 11. The predicted molar refractivity (Wildman–Crippen MR) is 192 cm³/mol. The first-order chi connectivity index (χ1) is 27.1. The molecule has 3 aliphatic carbocycles. The maximum Gasteiger partial charge on any atom is 0.330 e. The Morgan fingerprint density at radius 1 is 0.702 bits per heavy atom. The smallest absolute Gasteiger partial charge is 0.330 e. The van der Waals surface area contributed by atoms with Crippen LogP contribution in [0.3, 0.4) is 0 Å². The van der Waals surface area contributed by atoms with Gasteiger partial charge in [0.2, 0.25) is 0 Å². The van der Waals surface area contributed by atoms with Crippen molar-refractivity contribution in [2.24, 2.45) is 17.8 Å². The fourth-order valence-corrected chi connectivity index (χ4v) is 9.55. The number of ether oxygens (including phenoxy) is 8. The van der Waals surface area contributed by atoms with Gasteiger partial charge in [0.05, 0.1) is 55.3 Å². The number of allylic oxidation sites excluding steroid dienone is 1. The van der Waals surface area contributed by atoms with Crippen molar-refractivity contribution in [3.05, 3.63) is 12.2 Å². The molecule has 0 aromatic carbocycles. The summed E-state index contributed by atoms with van der Waals surface area (Å²) in [5, 5.41) is 107. The molecule has 19 nitrogen and oxygen atoms in total. The van der Waals surface area contributed by atoms with Gasteiger partial charge in [-0.3, -0.25) is 0 Å². The Hall–Kier alpha value is -1.47. The average Bonchev–Trinajstić information content (AvgIpc) is 3.18. The first kappa shape index (κ1) is 45.1. The molecule has 6 fully saturated rings. The normalized spacial score (nSPS) is 51.0. The van der Waals surface area contributed by atoms with Gasteiger partial charge in [-0.05, 0) is 51.4 Å². The van der Waals surface area contributed by atoms with E-state index in [4.69, 9.17) is 37.9 Å². The molecule has 0 spiro atoms. The summed E-state index contributed by atoms with van der Waals surface area (Å²) in [4.78, 5) is 12.6.